The highest BCUT2D eigenvalue weighted by atomic mass is 35.5. The third kappa shape index (κ3) is 6.38. The molecule has 0 atom stereocenters. The van der Waals surface area contributed by atoms with E-state index in [9.17, 15) is 13.2 Å². The summed E-state index contributed by atoms with van der Waals surface area (Å²) < 4.78 is 28.9. The van der Waals surface area contributed by atoms with Crippen molar-refractivity contribution in [3.05, 3.63) is 129 Å². The summed E-state index contributed by atoms with van der Waals surface area (Å²) in [6.07, 6.45) is 1.43. The normalized spacial score (nSPS) is 11.4. The molecule has 0 bridgehead atoms. The molecule has 4 aromatic carbocycles. The molecular formula is C28H23Cl2N3O3S. The first kappa shape index (κ1) is 26.4. The Kier molecular flexibility index (Phi) is 8.28. The van der Waals surface area contributed by atoms with E-state index in [1.54, 1.807) is 97.1 Å². The smallest absolute Gasteiger partial charge is 0.267 e. The predicted molar refractivity (Wildman–Crippen MR) is 149 cm³/mol. The molecule has 0 aliphatic heterocycles. The van der Waals surface area contributed by atoms with Crippen molar-refractivity contribution in [1.82, 2.24) is 5.43 Å². The van der Waals surface area contributed by atoms with Gasteiger partial charge in [0.1, 0.15) is 0 Å². The molecule has 0 aliphatic rings. The van der Waals surface area contributed by atoms with Crippen LogP contribution in [0.1, 0.15) is 27.0 Å². The lowest BCUT2D eigenvalue weighted by molar-refractivity contribution is 0.0955. The van der Waals surface area contributed by atoms with Crippen LogP contribution in [0.15, 0.2) is 107 Å². The van der Waals surface area contributed by atoms with Crippen LogP contribution in [0.25, 0.3) is 0 Å². The fourth-order valence-electron chi connectivity index (χ4n) is 3.58. The van der Waals surface area contributed by atoms with Crippen LogP contribution in [-0.2, 0) is 16.6 Å². The Morgan fingerprint density at radius 2 is 1.54 bits per heavy atom. The molecular weight excluding hydrogens is 529 g/mol. The average molecular weight is 552 g/mol. The van der Waals surface area contributed by atoms with Gasteiger partial charge in [-0.15, -0.1) is 0 Å². The number of nitrogens with one attached hydrogen (secondary N) is 1. The van der Waals surface area contributed by atoms with Gasteiger partial charge in [0.2, 0.25) is 0 Å². The van der Waals surface area contributed by atoms with Crippen molar-refractivity contribution in [2.75, 3.05) is 4.31 Å². The van der Waals surface area contributed by atoms with Gasteiger partial charge in [-0.2, -0.15) is 5.10 Å². The summed E-state index contributed by atoms with van der Waals surface area (Å²) in [5, 5.41) is 5.03. The molecule has 188 valence electrons. The van der Waals surface area contributed by atoms with Gasteiger partial charge in [-0.3, -0.25) is 9.10 Å². The number of carbonyl (C=O) groups excluding carboxylic acids is 1. The number of aryl methyl sites for hydroxylation is 1. The van der Waals surface area contributed by atoms with Crippen LogP contribution in [0.3, 0.4) is 0 Å². The predicted octanol–water partition coefficient (Wildman–Crippen LogP) is 6.46. The fraction of sp³-hybridized carbons (Fsp3) is 0.0714. The fourth-order valence-corrected chi connectivity index (χ4v) is 5.36. The van der Waals surface area contributed by atoms with Crippen LogP contribution in [0.4, 0.5) is 5.69 Å². The van der Waals surface area contributed by atoms with Gasteiger partial charge in [0.05, 0.1) is 28.9 Å². The van der Waals surface area contributed by atoms with Crippen molar-refractivity contribution in [2.45, 2.75) is 18.4 Å². The average Bonchev–Trinajstić information content (AvgIpc) is 2.89. The molecule has 1 amide bonds. The Balaban J connectivity index is 1.72. The van der Waals surface area contributed by atoms with Crippen LogP contribution in [0.5, 0.6) is 0 Å². The number of benzene rings is 4. The number of hydrazone groups is 1. The number of hydrogen-bond donors (Lipinski definition) is 1. The van der Waals surface area contributed by atoms with E-state index in [4.69, 9.17) is 23.2 Å². The van der Waals surface area contributed by atoms with Gasteiger partial charge in [0.25, 0.3) is 15.9 Å². The molecule has 9 heteroatoms. The molecule has 6 nitrogen and oxygen atoms in total. The lowest BCUT2D eigenvalue weighted by atomic mass is 10.1. The van der Waals surface area contributed by atoms with Crippen molar-refractivity contribution in [1.29, 1.82) is 0 Å². The SMILES string of the molecule is Cc1ccc(S(=O)(=O)N(Cc2ccc(Cl)cc2)c2ccccc2C(=O)N/N=C/c2ccccc2Cl)cc1. The molecule has 0 heterocycles. The van der Waals surface area contributed by atoms with Gasteiger partial charge in [0, 0.05) is 15.6 Å². The summed E-state index contributed by atoms with van der Waals surface area (Å²) in [5.74, 6) is -0.570. The van der Waals surface area contributed by atoms with Crippen LogP contribution >= 0.6 is 23.2 Å². The Morgan fingerprint density at radius 1 is 0.892 bits per heavy atom. The van der Waals surface area contributed by atoms with Crippen molar-refractivity contribution >= 4 is 51.0 Å². The molecule has 0 unspecified atom stereocenters. The molecule has 0 fully saturated rings. The quantitative estimate of drug-likeness (QED) is 0.201. The van der Waals surface area contributed by atoms with Crippen LogP contribution in [0.2, 0.25) is 10.0 Å². The van der Waals surface area contributed by atoms with E-state index in [0.29, 0.717) is 21.2 Å². The van der Waals surface area contributed by atoms with E-state index in [-0.39, 0.29) is 22.7 Å². The number of rotatable bonds is 8. The van der Waals surface area contributed by atoms with Crippen molar-refractivity contribution in [2.24, 2.45) is 5.10 Å². The van der Waals surface area contributed by atoms with Gasteiger partial charge >= 0.3 is 0 Å². The first-order chi connectivity index (χ1) is 17.8. The number of sulfonamides is 1. The van der Waals surface area contributed by atoms with Gasteiger partial charge in [-0.05, 0) is 55.0 Å². The Hall–Kier alpha value is -3.65. The van der Waals surface area contributed by atoms with Crippen molar-refractivity contribution < 1.29 is 13.2 Å². The Labute approximate surface area is 226 Å². The molecule has 0 saturated carbocycles. The number of hydrogen-bond acceptors (Lipinski definition) is 4. The second-order valence-corrected chi connectivity index (χ2v) is 10.9. The minimum absolute atomic E-state index is 0.0133. The first-order valence-electron chi connectivity index (χ1n) is 11.3. The third-order valence-corrected chi connectivity index (χ3v) is 7.91. The van der Waals surface area contributed by atoms with Gasteiger partial charge in [-0.1, -0.05) is 83.4 Å². The lowest BCUT2D eigenvalue weighted by Gasteiger charge is -2.26. The first-order valence-corrected chi connectivity index (χ1v) is 13.5. The number of amides is 1. The highest BCUT2D eigenvalue weighted by Crippen LogP contribution is 2.30. The molecule has 0 spiro atoms. The molecule has 4 aromatic rings. The van der Waals surface area contributed by atoms with Crippen molar-refractivity contribution in [3.63, 3.8) is 0 Å². The van der Waals surface area contributed by atoms with Crippen molar-refractivity contribution in [3.8, 4) is 0 Å². The van der Waals surface area contributed by atoms with Crippen LogP contribution < -0.4 is 9.73 Å². The lowest BCUT2D eigenvalue weighted by Crippen LogP contribution is -2.33. The molecule has 4 rings (SSSR count). The number of anilines is 1. The number of nitrogens with zero attached hydrogens (tertiary/aromatic N) is 2. The van der Waals surface area contributed by atoms with Gasteiger partial charge in [-0.25, -0.2) is 13.8 Å². The molecule has 37 heavy (non-hydrogen) atoms. The molecule has 0 aromatic heterocycles. The second kappa shape index (κ2) is 11.6. The molecule has 0 aliphatic carbocycles. The van der Waals surface area contributed by atoms with Gasteiger partial charge in [0.15, 0.2) is 0 Å². The largest absolute Gasteiger partial charge is 0.273 e. The minimum Gasteiger partial charge on any atom is -0.267 e. The summed E-state index contributed by atoms with van der Waals surface area (Å²) in [5.41, 5.74) is 5.09. The van der Waals surface area contributed by atoms with Crippen LogP contribution in [-0.4, -0.2) is 20.5 Å². The second-order valence-electron chi connectivity index (χ2n) is 8.19. The Morgan fingerprint density at radius 3 is 2.24 bits per heavy atom. The van der Waals surface area contributed by atoms with E-state index < -0.39 is 15.9 Å². The highest BCUT2D eigenvalue weighted by Gasteiger charge is 2.28. The summed E-state index contributed by atoms with van der Waals surface area (Å²) in [4.78, 5) is 13.3. The standard InChI is InChI=1S/C28H23Cl2N3O3S/c1-20-10-16-24(17-11-20)37(35,36)33(19-21-12-14-23(29)15-13-21)27-9-5-3-7-25(27)28(34)32-31-18-22-6-2-4-8-26(22)30/h2-18H,19H2,1H3,(H,32,34)/b31-18+. The maximum Gasteiger partial charge on any atom is 0.273 e. The van der Waals surface area contributed by atoms with Crippen LogP contribution in [0, 0.1) is 6.92 Å². The van der Waals surface area contributed by atoms with E-state index in [1.165, 1.54) is 10.5 Å². The van der Waals surface area contributed by atoms with E-state index in [1.807, 2.05) is 6.92 Å². The monoisotopic (exact) mass is 551 g/mol. The molecule has 0 radical (unpaired) electrons. The summed E-state index contributed by atoms with van der Waals surface area (Å²) in [7, 11) is -4.04. The highest BCUT2D eigenvalue weighted by molar-refractivity contribution is 7.92. The maximum atomic E-state index is 13.9. The zero-order chi connectivity index (χ0) is 26.4. The molecule has 1 N–H and O–H groups in total. The number of para-hydroxylation sites is 1. The summed E-state index contributed by atoms with van der Waals surface area (Å²) in [6, 6.07) is 27.0. The zero-order valence-electron chi connectivity index (χ0n) is 19.8. The van der Waals surface area contributed by atoms with Gasteiger partial charge < -0.3 is 0 Å². The van der Waals surface area contributed by atoms with E-state index in [2.05, 4.69) is 10.5 Å². The van der Waals surface area contributed by atoms with E-state index >= 15 is 0 Å². The minimum atomic E-state index is -4.04. The Bertz CT molecular complexity index is 1540. The third-order valence-electron chi connectivity index (χ3n) is 5.54. The zero-order valence-corrected chi connectivity index (χ0v) is 22.1. The number of halogens is 2. The maximum absolute atomic E-state index is 13.9. The summed E-state index contributed by atoms with van der Waals surface area (Å²) in [6.45, 7) is 1.87. The topological polar surface area (TPSA) is 78.8 Å². The molecule has 0 saturated heterocycles. The van der Waals surface area contributed by atoms with E-state index in [0.717, 1.165) is 5.56 Å². The number of carbonyl (C=O) groups is 1. The summed E-state index contributed by atoms with van der Waals surface area (Å²) >= 11 is 12.2.